The summed E-state index contributed by atoms with van der Waals surface area (Å²) in [6, 6.07) is 2.94. The number of hydrogen-bond acceptors (Lipinski definition) is 4. The summed E-state index contributed by atoms with van der Waals surface area (Å²) >= 11 is 1.43. The van der Waals surface area contributed by atoms with Gasteiger partial charge in [0.15, 0.2) is 0 Å². The fraction of sp³-hybridized carbons (Fsp3) is 0.538. The van der Waals surface area contributed by atoms with Gasteiger partial charge in [-0.25, -0.2) is 0 Å². The Morgan fingerprint density at radius 2 is 2.16 bits per heavy atom. The highest BCUT2D eigenvalue weighted by Gasteiger charge is 2.38. The number of aliphatic carboxylic acids is 1. The van der Waals surface area contributed by atoms with Gasteiger partial charge in [-0.05, 0) is 24.3 Å². The van der Waals surface area contributed by atoms with Crippen LogP contribution in [0.25, 0.3) is 0 Å². The molecule has 1 unspecified atom stereocenters. The predicted molar refractivity (Wildman–Crippen MR) is 72.8 cm³/mol. The maximum Gasteiger partial charge on any atom is 0.305 e. The van der Waals surface area contributed by atoms with Crippen LogP contribution in [0.15, 0.2) is 17.5 Å². The lowest BCUT2D eigenvalue weighted by atomic mass is 9.92. The monoisotopic (exact) mass is 282 g/mol. The Morgan fingerprint density at radius 3 is 2.68 bits per heavy atom. The molecule has 0 aromatic carbocycles. The van der Waals surface area contributed by atoms with Gasteiger partial charge in [0, 0.05) is 4.88 Å². The van der Waals surface area contributed by atoms with E-state index in [1.807, 2.05) is 17.5 Å². The van der Waals surface area contributed by atoms with Crippen molar-refractivity contribution in [2.75, 3.05) is 0 Å². The number of hydrogen-bond donors (Lipinski definition) is 3. The summed E-state index contributed by atoms with van der Waals surface area (Å²) in [5, 5.41) is 13.7. The Hall–Kier alpha value is -1.40. The number of thiophene rings is 1. The molecule has 5 nitrogen and oxygen atoms in total. The Kier molecular flexibility index (Phi) is 4.21. The number of amides is 1. The largest absolute Gasteiger partial charge is 0.481 e. The Bertz CT molecular complexity index is 452. The number of carbonyl (C=O) groups is 2. The van der Waals surface area contributed by atoms with E-state index in [4.69, 9.17) is 10.8 Å². The molecule has 6 heteroatoms. The van der Waals surface area contributed by atoms with Crippen LogP contribution in [0.1, 0.15) is 43.0 Å². The summed E-state index contributed by atoms with van der Waals surface area (Å²) < 4.78 is 0. The first-order chi connectivity index (χ1) is 9.02. The number of carboxylic acids is 1. The number of carbonyl (C=O) groups excluding carboxylic acids is 1. The summed E-state index contributed by atoms with van der Waals surface area (Å²) in [5.74, 6) is -1.17. The lowest BCUT2D eigenvalue weighted by Gasteiger charge is -2.29. The first-order valence-corrected chi connectivity index (χ1v) is 7.23. The van der Waals surface area contributed by atoms with Crippen LogP contribution in [0, 0.1) is 0 Å². The molecule has 0 bridgehead atoms. The highest BCUT2D eigenvalue weighted by Crippen LogP contribution is 2.33. The van der Waals surface area contributed by atoms with E-state index in [1.54, 1.807) is 0 Å². The minimum atomic E-state index is -0.883. The molecule has 1 saturated carbocycles. The second-order valence-electron chi connectivity index (χ2n) is 5.04. The van der Waals surface area contributed by atoms with Crippen LogP contribution < -0.4 is 11.1 Å². The molecule has 1 aromatic heterocycles. The van der Waals surface area contributed by atoms with Crippen LogP contribution in [-0.4, -0.2) is 22.5 Å². The molecule has 1 heterocycles. The van der Waals surface area contributed by atoms with Crippen molar-refractivity contribution >= 4 is 23.2 Å². The zero-order valence-corrected chi connectivity index (χ0v) is 11.4. The van der Waals surface area contributed by atoms with Gasteiger partial charge >= 0.3 is 5.97 Å². The van der Waals surface area contributed by atoms with Crippen LogP contribution in [0.2, 0.25) is 0 Å². The molecule has 0 aliphatic heterocycles. The topological polar surface area (TPSA) is 92.4 Å². The quantitative estimate of drug-likeness (QED) is 0.765. The smallest absolute Gasteiger partial charge is 0.305 e. The van der Waals surface area contributed by atoms with E-state index in [1.165, 1.54) is 11.3 Å². The number of nitrogens with two attached hydrogens (primary N) is 1. The second-order valence-corrected chi connectivity index (χ2v) is 6.02. The van der Waals surface area contributed by atoms with Gasteiger partial charge in [0.1, 0.15) is 6.04 Å². The van der Waals surface area contributed by atoms with Crippen molar-refractivity contribution < 1.29 is 14.7 Å². The fourth-order valence-corrected chi connectivity index (χ4v) is 3.35. The highest BCUT2D eigenvalue weighted by molar-refractivity contribution is 7.10. The van der Waals surface area contributed by atoms with Gasteiger partial charge < -0.3 is 16.2 Å². The van der Waals surface area contributed by atoms with E-state index in [-0.39, 0.29) is 12.3 Å². The molecule has 2 rings (SSSR count). The van der Waals surface area contributed by atoms with Crippen molar-refractivity contribution in [3.63, 3.8) is 0 Å². The van der Waals surface area contributed by atoms with Crippen LogP contribution in [-0.2, 0) is 9.59 Å². The molecule has 1 aliphatic carbocycles. The zero-order chi connectivity index (χ0) is 13.9. The lowest BCUT2D eigenvalue weighted by Crippen LogP contribution is -2.50. The van der Waals surface area contributed by atoms with Crippen LogP contribution in [0.3, 0.4) is 0 Å². The number of nitrogens with one attached hydrogen (secondary N) is 1. The van der Waals surface area contributed by atoms with Gasteiger partial charge in [0.2, 0.25) is 5.91 Å². The molecule has 104 valence electrons. The lowest BCUT2D eigenvalue weighted by molar-refractivity contribution is -0.139. The van der Waals surface area contributed by atoms with E-state index >= 15 is 0 Å². The van der Waals surface area contributed by atoms with E-state index in [0.29, 0.717) is 12.8 Å². The first kappa shape index (κ1) is 14.0. The van der Waals surface area contributed by atoms with Crippen LogP contribution in [0.4, 0.5) is 0 Å². The van der Waals surface area contributed by atoms with E-state index in [0.717, 1.165) is 17.7 Å². The summed E-state index contributed by atoms with van der Waals surface area (Å²) in [6.45, 7) is 0. The maximum atomic E-state index is 12.2. The van der Waals surface area contributed by atoms with E-state index in [9.17, 15) is 9.59 Å². The van der Waals surface area contributed by atoms with E-state index in [2.05, 4.69) is 5.32 Å². The highest BCUT2D eigenvalue weighted by atomic mass is 32.1. The van der Waals surface area contributed by atoms with Crippen molar-refractivity contribution in [1.82, 2.24) is 5.32 Å². The minimum absolute atomic E-state index is 0.0318. The molecular formula is C13H18N2O3S. The van der Waals surface area contributed by atoms with Crippen molar-refractivity contribution in [3.8, 4) is 0 Å². The van der Waals surface area contributed by atoms with Crippen molar-refractivity contribution in [2.24, 2.45) is 5.73 Å². The van der Waals surface area contributed by atoms with Crippen LogP contribution in [0.5, 0.6) is 0 Å². The Balaban J connectivity index is 2.05. The van der Waals surface area contributed by atoms with Gasteiger partial charge in [-0.2, -0.15) is 0 Å². The standard InChI is InChI=1S/C13H18N2O3S/c14-11(9-4-3-7-19-9)12(18)15-13(8-10(16)17)5-1-2-6-13/h3-4,7,11H,1-2,5-6,8,14H2,(H,15,18)(H,16,17). The molecule has 1 atom stereocenters. The zero-order valence-electron chi connectivity index (χ0n) is 10.6. The van der Waals surface area contributed by atoms with Crippen molar-refractivity contribution in [1.29, 1.82) is 0 Å². The molecule has 4 N–H and O–H groups in total. The van der Waals surface area contributed by atoms with Gasteiger partial charge in [-0.15, -0.1) is 11.3 Å². The molecule has 19 heavy (non-hydrogen) atoms. The van der Waals surface area contributed by atoms with Gasteiger partial charge in [-0.1, -0.05) is 18.9 Å². The number of rotatable bonds is 5. The molecule has 1 aromatic rings. The van der Waals surface area contributed by atoms with E-state index < -0.39 is 17.6 Å². The molecule has 1 amide bonds. The van der Waals surface area contributed by atoms with Crippen molar-refractivity contribution in [2.45, 2.75) is 43.7 Å². The SMILES string of the molecule is NC(C(=O)NC1(CC(=O)O)CCCC1)c1cccs1. The predicted octanol–water partition coefficient (Wildman–Crippen LogP) is 1.65. The normalized spacial score (nSPS) is 19.0. The third kappa shape index (κ3) is 3.33. The minimum Gasteiger partial charge on any atom is -0.481 e. The molecule has 1 fully saturated rings. The molecule has 0 radical (unpaired) electrons. The summed E-state index contributed by atoms with van der Waals surface area (Å²) in [5.41, 5.74) is 5.29. The maximum absolute atomic E-state index is 12.2. The van der Waals surface area contributed by atoms with Gasteiger partial charge in [-0.3, -0.25) is 9.59 Å². The molecular weight excluding hydrogens is 264 g/mol. The molecule has 0 saturated heterocycles. The summed E-state index contributed by atoms with van der Waals surface area (Å²) in [4.78, 5) is 23.9. The molecule has 0 spiro atoms. The summed E-state index contributed by atoms with van der Waals surface area (Å²) in [7, 11) is 0. The fourth-order valence-electron chi connectivity index (χ4n) is 2.62. The summed E-state index contributed by atoms with van der Waals surface area (Å²) in [6.07, 6.45) is 3.28. The molecule has 1 aliphatic rings. The van der Waals surface area contributed by atoms with Crippen molar-refractivity contribution in [3.05, 3.63) is 22.4 Å². The second kappa shape index (κ2) is 5.71. The Morgan fingerprint density at radius 1 is 1.47 bits per heavy atom. The Labute approximate surface area is 115 Å². The number of carboxylic acid groups (broad SMARTS) is 1. The third-order valence-electron chi connectivity index (χ3n) is 3.57. The third-order valence-corrected chi connectivity index (χ3v) is 4.53. The average Bonchev–Trinajstić information content (AvgIpc) is 2.98. The van der Waals surface area contributed by atoms with Crippen LogP contribution >= 0.6 is 11.3 Å². The first-order valence-electron chi connectivity index (χ1n) is 6.35. The van der Waals surface area contributed by atoms with Gasteiger partial charge in [0.05, 0.1) is 12.0 Å². The van der Waals surface area contributed by atoms with Gasteiger partial charge in [0.25, 0.3) is 0 Å². The average molecular weight is 282 g/mol.